The van der Waals surface area contributed by atoms with E-state index in [-0.39, 0.29) is 0 Å². The summed E-state index contributed by atoms with van der Waals surface area (Å²) < 4.78 is 1.98. The quantitative estimate of drug-likeness (QED) is 0.628. The van der Waals surface area contributed by atoms with Crippen molar-refractivity contribution in [3.05, 3.63) is 42.0 Å². The summed E-state index contributed by atoms with van der Waals surface area (Å²) in [4.78, 5) is 11.2. The van der Waals surface area contributed by atoms with E-state index < -0.39 is 0 Å². The second-order valence-electron chi connectivity index (χ2n) is 8.00. The molecule has 4 rings (SSSR count). The van der Waals surface area contributed by atoms with Crippen LogP contribution in [0.3, 0.4) is 0 Å². The Morgan fingerprint density at radius 1 is 1.18 bits per heavy atom. The summed E-state index contributed by atoms with van der Waals surface area (Å²) in [5.74, 6) is 2.77. The number of aryl methyl sites for hydroxylation is 1. The average molecular weight is 382 g/mol. The van der Waals surface area contributed by atoms with Crippen LogP contribution in [0.2, 0.25) is 0 Å². The Morgan fingerprint density at radius 3 is 2.71 bits per heavy atom. The first-order valence-corrected chi connectivity index (χ1v) is 10.4. The number of guanidine groups is 1. The minimum Gasteiger partial charge on any atom is -0.372 e. The summed E-state index contributed by atoms with van der Waals surface area (Å²) in [6.07, 6.45) is 6.22. The number of rotatable bonds is 4. The zero-order valence-corrected chi connectivity index (χ0v) is 16.9. The van der Waals surface area contributed by atoms with E-state index in [1.807, 2.05) is 11.7 Å². The first kappa shape index (κ1) is 18.8. The first-order chi connectivity index (χ1) is 13.7. The van der Waals surface area contributed by atoms with Gasteiger partial charge in [0.05, 0.1) is 6.54 Å². The van der Waals surface area contributed by atoms with Crippen LogP contribution in [0.1, 0.15) is 37.6 Å². The fourth-order valence-corrected chi connectivity index (χ4v) is 4.02. The number of nitrogens with one attached hydrogen (secondary N) is 2. The number of anilines is 1. The smallest absolute Gasteiger partial charge is 0.191 e. The molecule has 1 aromatic heterocycles. The number of aromatic nitrogens is 3. The fraction of sp³-hybridized carbons (Fsp3) is 0.571. The Bertz CT molecular complexity index is 787. The predicted molar refractivity (Wildman–Crippen MR) is 113 cm³/mol. The van der Waals surface area contributed by atoms with Gasteiger partial charge in [-0.3, -0.25) is 4.99 Å². The van der Waals surface area contributed by atoms with Gasteiger partial charge in [0.1, 0.15) is 12.2 Å². The molecule has 2 aliphatic heterocycles. The van der Waals surface area contributed by atoms with Gasteiger partial charge < -0.3 is 15.5 Å². The standard InChI is InChI=1S/C21H31N7/c1-16-9-11-27(12-10-16)19-6-3-17(4-7-19)13-23-21(22-2)26-18-5-8-20-24-15-25-28(20)14-18/h3-4,6-7,15-16,18H,5,8-14H2,1-2H3,(H2,22,23,26). The monoisotopic (exact) mass is 381 g/mol. The predicted octanol–water partition coefficient (Wildman–Crippen LogP) is 2.19. The maximum atomic E-state index is 4.38. The summed E-state index contributed by atoms with van der Waals surface area (Å²) in [6.45, 7) is 6.29. The van der Waals surface area contributed by atoms with Crippen molar-refractivity contribution < 1.29 is 0 Å². The van der Waals surface area contributed by atoms with Gasteiger partial charge in [0.15, 0.2) is 5.96 Å². The van der Waals surface area contributed by atoms with Gasteiger partial charge in [-0.15, -0.1) is 0 Å². The van der Waals surface area contributed by atoms with Gasteiger partial charge in [0, 0.05) is 44.8 Å². The molecule has 7 nitrogen and oxygen atoms in total. The molecule has 0 spiro atoms. The highest BCUT2D eigenvalue weighted by atomic mass is 15.4. The van der Waals surface area contributed by atoms with E-state index in [2.05, 4.69) is 61.8 Å². The number of aliphatic imine (C=N–C) groups is 1. The molecule has 0 amide bonds. The van der Waals surface area contributed by atoms with E-state index in [0.717, 1.165) is 43.6 Å². The molecule has 0 saturated carbocycles. The van der Waals surface area contributed by atoms with Crippen LogP contribution in [-0.4, -0.2) is 46.9 Å². The summed E-state index contributed by atoms with van der Waals surface area (Å²) in [6, 6.07) is 9.25. The Kier molecular flexibility index (Phi) is 5.78. The van der Waals surface area contributed by atoms with Crippen molar-refractivity contribution in [3.63, 3.8) is 0 Å². The molecule has 1 aromatic carbocycles. The summed E-state index contributed by atoms with van der Waals surface area (Å²) in [5.41, 5.74) is 2.60. The number of nitrogens with zero attached hydrogens (tertiary/aromatic N) is 5. The Balaban J connectivity index is 1.27. The van der Waals surface area contributed by atoms with Gasteiger partial charge in [0.2, 0.25) is 0 Å². The molecule has 1 saturated heterocycles. The van der Waals surface area contributed by atoms with Crippen LogP contribution >= 0.6 is 0 Å². The number of piperidine rings is 1. The highest BCUT2D eigenvalue weighted by Crippen LogP contribution is 2.23. The van der Waals surface area contributed by atoms with Crippen molar-refractivity contribution in [2.24, 2.45) is 10.9 Å². The molecule has 0 bridgehead atoms. The molecule has 1 unspecified atom stereocenters. The van der Waals surface area contributed by atoms with Gasteiger partial charge in [0.25, 0.3) is 0 Å². The lowest BCUT2D eigenvalue weighted by Gasteiger charge is -2.32. The van der Waals surface area contributed by atoms with E-state index in [0.29, 0.717) is 6.04 Å². The third-order valence-corrected chi connectivity index (χ3v) is 5.91. The number of hydrogen-bond acceptors (Lipinski definition) is 4. The Labute approximate surface area is 167 Å². The van der Waals surface area contributed by atoms with Crippen molar-refractivity contribution in [1.29, 1.82) is 0 Å². The Hall–Kier alpha value is -2.57. The molecule has 7 heteroatoms. The van der Waals surface area contributed by atoms with Crippen molar-refractivity contribution in [2.45, 2.75) is 51.7 Å². The first-order valence-electron chi connectivity index (χ1n) is 10.4. The van der Waals surface area contributed by atoms with Crippen molar-refractivity contribution in [2.75, 3.05) is 25.0 Å². The molecule has 3 heterocycles. The lowest BCUT2D eigenvalue weighted by Crippen LogP contribution is -2.46. The van der Waals surface area contributed by atoms with E-state index >= 15 is 0 Å². The van der Waals surface area contributed by atoms with Crippen molar-refractivity contribution in [3.8, 4) is 0 Å². The summed E-state index contributed by atoms with van der Waals surface area (Å²) >= 11 is 0. The third kappa shape index (κ3) is 4.46. The van der Waals surface area contributed by atoms with Crippen LogP contribution in [0.15, 0.2) is 35.6 Å². The summed E-state index contributed by atoms with van der Waals surface area (Å²) in [5, 5.41) is 11.2. The zero-order valence-electron chi connectivity index (χ0n) is 16.9. The van der Waals surface area contributed by atoms with Crippen LogP contribution in [-0.2, 0) is 19.5 Å². The summed E-state index contributed by atoms with van der Waals surface area (Å²) in [7, 11) is 1.82. The maximum absolute atomic E-state index is 4.38. The second kappa shape index (κ2) is 8.63. The molecule has 2 aromatic rings. The lowest BCUT2D eigenvalue weighted by atomic mass is 9.99. The third-order valence-electron chi connectivity index (χ3n) is 5.91. The van der Waals surface area contributed by atoms with Crippen LogP contribution in [0.5, 0.6) is 0 Å². The maximum Gasteiger partial charge on any atom is 0.191 e. The molecule has 2 N–H and O–H groups in total. The molecule has 2 aliphatic rings. The molecular weight excluding hydrogens is 350 g/mol. The number of benzene rings is 1. The van der Waals surface area contributed by atoms with Gasteiger partial charge in [-0.25, -0.2) is 9.67 Å². The van der Waals surface area contributed by atoms with E-state index in [9.17, 15) is 0 Å². The lowest BCUT2D eigenvalue weighted by molar-refractivity contribution is 0.392. The van der Waals surface area contributed by atoms with Gasteiger partial charge >= 0.3 is 0 Å². The molecular formula is C21H31N7. The van der Waals surface area contributed by atoms with E-state index in [1.54, 1.807) is 6.33 Å². The van der Waals surface area contributed by atoms with Crippen molar-refractivity contribution in [1.82, 2.24) is 25.4 Å². The van der Waals surface area contributed by atoms with E-state index in [4.69, 9.17) is 0 Å². The highest BCUT2D eigenvalue weighted by Gasteiger charge is 2.20. The van der Waals surface area contributed by atoms with Crippen LogP contribution in [0.4, 0.5) is 5.69 Å². The molecule has 150 valence electrons. The Morgan fingerprint density at radius 2 is 1.96 bits per heavy atom. The van der Waals surface area contributed by atoms with Crippen LogP contribution in [0.25, 0.3) is 0 Å². The minimum atomic E-state index is 0.323. The van der Waals surface area contributed by atoms with Crippen LogP contribution in [0, 0.1) is 5.92 Å². The molecule has 0 aliphatic carbocycles. The molecule has 1 atom stereocenters. The normalized spacial score (nSPS) is 20.7. The van der Waals surface area contributed by atoms with Gasteiger partial charge in [-0.1, -0.05) is 19.1 Å². The SMILES string of the molecule is CN=C(NCc1ccc(N2CCC(C)CC2)cc1)NC1CCc2ncnn2C1. The van der Waals surface area contributed by atoms with Gasteiger partial charge in [-0.2, -0.15) is 5.10 Å². The zero-order chi connectivity index (χ0) is 19.3. The molecule has 0 radical (unpaired) electrons. The van der Waals surface area contributed by atoms with Gasteiger partial charge in [-0.05, 0) is 42.9 Å². The highest BCUT2D eigenvalue weighted by molar-refractivity contribution is 5.80. The fourth-order valence-electron chi connectivity index (χ4n) is 4.02. The van der Waals surface area contributed by atoms with E-state index in [1.165, 1.54) is 37.2 Å². The number of fused-ring (bicyclic) bond motifs is 1. The number of hydrogen-bond donors (Lipinski definition) is 2. The van der Waals surface area contributed by atoms with Crippen LogP contribution < -0.4 is 15.5 Å². The minimum absolute atomic E-state index is 0.323. The largest absolute Gasteiger partial charge is 0.372 e. The second-order valence-corrected chi connectivity index (χ2v) is 8.00. The van der Waals surface area contributed by atoms with Crippen molar-refractivity contribution >= 4 is 11.6 Å². The molecule has 1 fully saturated rings. The molecule has 28 heavy (non-hydrogen) atoms. The average Bonchev–Trinajstić information content (AvgIpc) is 3.20. The topological polar surface area (TPSA) is 70.4 Å².